The average molecular weight is 296 g/mol. The van der Waals surface area contributed by atoms with Crippen LogP contribution < -0.4 is 5.32 Å². The van der Waals surface area contributed by atoms with Gasteiger partial charge in [0, 0.05) is 45.2 Å². The number of amides is 1. The molecular formula is C16H10ClN3O. The lowest BCUT2D eigenvalue weighted by Gasteiger charge is -1.99. The first-order valence-corrected chi connectivity index (χ1v) is 6.85. The second kappa shape index (κ2) is 4.46. The molecule has 1 amide bonds. The van der Waals surface area contributed by atoms with Crippen LogP contribution in [0.5, 0.6) is 0 Å². The Labute approximate surface area is 125 Å². The number of carbonyl (C=O) groups is 1. The molecule has 21 heavy (non-hydrogen) atoms. The minimum Gasteiger partial charge on any atom is -0.346 e. The number of pyridine rings is 1. The second-order valence-electron chi connectivity index (χ2n) is 4.85. The predicted octanol–water partition coefficient (Wildman–Crippen LogP) is 3.71. The van der Waals surface area contributed by atoms with Crippen molar-refractivity contribution in [3.63, 3.8) is 0 Å². The maximum atomic E-state index is 12.2. The number of aromatic nitrogens is 2. The third-order valence-corrected chi connectivity index (χ3v) is 3.78. The van der Waals surface area contributed by atoms with Gasteiger partial charge in [0.05, 0.1) is 0 Å². The number of nitrogens with zero attached hydrogens (tertiary/aromatic N) is 1. The van der Waals surface area contributed by atoms with E-state index in [1.165, 1.54) is 0 Å². The molecule has 1 aliphatic heterocycles. The van der Waals surface area contributed by atoms with E-state index in [0.717, 1.165) is 27.8 Å². The molecule has 1 aromatic carbocycles. The first kappa shape index (κ1) is 12.2. The minimum absolute atomic E-state index is 0.120. The fourth-order valence-corrected chi connectivity index (χ4v) is 2.73. The number of halogens is 1. The van der Waals surface area contributed by atoms with Crippen LogP contribution in [0.25, 0.3) is 22.7 Å². The number of aromatic amines is 1. The zero-order chi connectivity index (χ0) is 14.4. The zero-order valence-corrected chi connectivity index (χ0v) is 11.6. The Kier molecular flexibility index (Phi) is 2.59. The SMILES string of the molecule is O=C1Nc2ccc(Cl)cc2/C1=C/c1c[nH]c2ncccc12. The molecule has 0 atom stereocenters. The van der Waals surface area contributed by atoms with Gasteiger partial charge in [-0.2, -0.15) is 0 Å². The summed E-state index contributed by atoms with van der Waals surface area (Å²) in [5, 5.41) is 4.43. The third-order valence-electron chi connectivity index (χ3n) is 3.55. The highest BCUT2D eigenvalue weighted by Crippen LogP contribution is 2.35. The number of hydrogen-bond donors (Lipinski definition) is 2. The van der Waals surface area contributed by atoms with Crippen LogP contribution in [-0.2, 0) is 4.79 Å². The Balaban J connectivity index is 1.90. The number of benzene rings is 1. The molecule has 4 rings (SSSR count). The van der Waals surface area contributed by atoms with Gasteiger partial charge < -0.3 is 10.3 Å². The lowest BCUT2D eigenvalue weighted by molar-refractivity contribution is -0.110. The summed E-state index contributed by atoms with van der Waals surface area (Å²) in [6.07, 6.45) is 5.44. The number of rotatable bonds is 1. The summed E-state index contributed by atoms with van der Waals surface area (Å²) in [6, 6.07) is 9.22. The zero-order valence-electron chi connectivity index (χ0n) is 10.9. The molecule has 3 aromatic rings. The van der Waals surface area contributed by atoms with Crippen molar-refractivity contribution in [1.82, 2.24) is 9.97 Å². The van der Waals surface area contributed by atoms with Crippen LogP contribution in [0.2, 0.25) is 5.02 Å². The van der Waals surface area contributed by atoms with Crippen molar-refractivity contribution < 1.29 is 4.79 Å². The van der Waals surface area contributed by atoms with Gasteiger partial charge in [-0.25, -0.2) is 4.98 Å². The molecule has 2 N–H and O–H groups in total. The van der Waals surface area contributed by atoms with Crippen molar-refractivity contribution in [3.8, 4) is 0 Å². The quantitative estimate of drug-likeness (QED) is 0.672. The Morgan fingerprint density at radius 2 is 2.14 bits per heavy atom. The monoisotopic (exact) mass is 295 g/mol. The van der Waals surface area contributed by atoms with Gasteiger partial charge in [-0.1, -0.05) is 11.6 Å². The molecule has 5 heteroatoms. The van der Waals surface area contributed by atoms with Crippen LogP contribution in [0.15, 0.2) is 42.7 Å². The van der Waals surface area contributed by atoms with Crippen LogP contribution in [0.4, 0.5) is 5.69 Å². The molecule has 3 heterocycles. The van der Waals surface area contributed by atoms with Gasteiger partial charge in [-0.05, 0) is 36.4 Å². The van der Waals surface area contributed by atoms with E-state index in [-0.39, 0.29) is 5.91 Å². The largest absolute Gasteiger partial charge is 0.346 e. The van der Waals surface area contributed by atoms with Crippen molar-refractivity contribution >= 4 is 45.9 Å². The van der Waals surface area contributed by atoms with Crippen LogP contribution in [0.3, 0.4) is 0 Å². The molecule has 0 radical (unpaired) electrons. The smallest absolute Gasteiger partial charge is 0.256 e. The Morgan fingerprint density at radius 3 is 3.05 bits per heavy atom. The molecule has 0 saturated carbocycles. The highest BCUT2D eigenvalue weighted by Gasteiger charge is 2.24. The lowest BCUT2D eigenvalue weighted by atomic mass is 10.0. The van der Waals surface area contributed by atoms with Crippen molar-refractivity contribution in [2.45, 2.75) is 0 Å². The van der Waals surface area contributed by atoms with E-state index in [1.54, 1.807) is 18.3 Å². The summed E-state index contributed by atoms with van der Waals surface area (Å²) in [6.45, 7) is 0. The van der Waals surface area contributed by atoms with E-state index in [9.17, 15) is 4.79 Å². The molecule has 102 valence electrons. The predicted molar refractivity (Wildman–Crippen MR) is 84.0 cm³/mol. The van der Waals surface area contributed by atoms with Crippen LogP contribution in [0, 0.1) is 0 Å². The number of anilines is 1. The number of carbonyl (C=O) groups excluding carboxylic acids is 1. The van der Waals surface area contributed by atoms with Crippen molar-refractivity contribution in [2.75, 3.05) is 5.32 Å². The Hall–Kier alpha value is -2.59. The molecule has 0 spiro atoms. The average Bonchev–Trinajstić information content (AvgIpc) is 3.02. The summed E-state index contributed by atoms with van der Waals surface area (Å²) in [4.78, 5) is 19.5. The molecule has 2 aromatic heterocycles. The Bertz CT molecular complexity index is 911. The molecule has 0 unspecified atom stereocenters. The van der Waals surface area contributed by atoms with Gasteiger partial charge >= 0.3 is 0 Å². The van der Waals surface area contributed by atoms with Gasteiger partial charge in [0.25, 0.3) is 5.91 Å². The molecule has 0 aliphatic carbocycles. The van der Waals surface area contributed by atoms with Crippen LogP contribution >= 0.6 is 11.6 Å². The van der Waals surface area contributed by atoms with E-state index >= 15 is 0 Å². The summed E-state index contributed by atoms with van der Waals surface area (Å²) < 4.78 is 0. The van der Waals surface area contributed by atoms with E-state index in [4.69, 9.17) is 11.6 Å². The van der Waals surface area contributed by atoms with Crippen LogP contribution in [-0.4, -0.2) is 15.9 Å². The number of nitrogens with one attached hydrogen (secondary N) is 2. The van der Waals surface area contributed by atoms with E-state index < -0.39 is 0 Å². The van der Waals surface area contributed by atoms with E-state index in [0.29, 0.717) is 10.6 Å². The number of fused-ring (bicyclic) bond motifs is 2. The van der Waals surface area contributed by atoms with Gasteiger partial charge in [-0.15, -0.1) is 0 Å². The first-order chi connectivity index (χ1) is 10.2. The second-order valence-corrected chi connectivity index (χ2v) is 5.28. The summed E-state index contributed by atoms with van der Waals surface area (Å²) in [5.74, 6) is -0.120. The number of H-pyrrole nitrogens is 1. The van der Waals surface area contributed by atoms with Gasteiger partial charge in [0.1, 0.15) is 5.65 Å². The molecule has 0 bridgehead atoms. The lowest BCUT2D eigenvalue weighted by Crippen LogP contribution is -2.03. The van der Waals surface area contributed by atoms with Gasteiger partial charge in [-0.3, -0.25) is 4.79 Å². The summed E-state index contributed by atoms with van der Waals surface area (Å²) >= 11 is 6.03. The molecular weight excluding hydrogens is 286 g/mol. The van der Waals surface area contributed by atoms with Crippen molar-refractivity contribution in [3.05, 3.63) is 58.9 Å². The Morgan fingerprint density at radius 1 is 1.24 bits per heavy atom. The standard InChI is InChI=1S/C16H10ClN3O/c17-10-3-4-14-12(7-10)13(16(21)20-14)6-9-8-19-15-11(9)2-1-5-18-15/h1-8H,(H,18,19)(H,20,21)/b13-6-. The fourth-order valence-electron chi connectivity index (χ4n) is 2.56. The highest BCUT2D eigenvalue weighted by molar-refractivity contribution is 6.37. The number of hydrogen-bond acceptors (Lipinski definition) is 2. The first-order valence-electron chi connectivity index (χ1n) is 6.47. The van der Waals surface area contributed by atoms with Gasteiger partial charge in [0.15, 0.2) is 0 Å². The van der Waals surface area contributed by atoms with Crippen molar-refractivity contribution in [2.24, 2.45) is 0 Å². The minimum atomic E-state index is -0.120. The molecule has 0 saturated heterocycles. The summed E-state index contributed by atoms with van der Waals surface area (Å²) in [7, 11) is 0. The molecule has 4 nitrogen and oxygen atoms in total. The van der Waals surface area contributed by atoms with Crippen molar-refractivity contribution in [1.29, 1.82) is 0 Å². The normalized spacial score (nSPS) is 15.5. The fraction of sp³-hybridized carbons (Fsp3) is 0. The van der Waals surface area contributed by atoms with E-state index in [2.05, 4.69) is 15.3 Å². The molecule has 0 fully saturated rings. The van der Waals surface area contributed by atoms with E-state index in [1.807, 2.05) is 30.5 Å². The van der Waals surface area contributed by atoms with Crippen LogP contribution in [0.1, 0.15) is 11.1 Å². The maximum Gasteiger partial charge on any atom is 0.256 e. The maximum absolute atomic E-state index is 12.2. The van der Waals surface area contributed by atoms with Gasteiger partial charge in [0.2, 0.25) is 0 Å². The third kappa shape index (κ3) is 1.92. The highest BCUT2D eigenvalue weighted by atomic mass is 35.5. The summed E-state index contributed by atoms with van der Waals surface area (Å²) in [5.41, 5.74) is 3.95. The topological polar surface area (TPSA) is 57.8 Å². The molecule has 1 aliphatic rings.